The molecule has 0 saturated heterocycles. The summed E-state index contributed by atoms with van der Waals surface area (Å²) in [5.41, 5.74) is 2.62. The molecule has 0 radical (unpaired) electrons. The van der Waals surface area contributed by atoms with Gasteiger partial charge in [-0.1, -0.05) is 6.07 Å². The number of hydrogen-bond donors (Lipinski definition) is 2. The number of nitrogens with zero attached hydrogens (tertiary/aromatic N) is 2. The summed E-state index contributed by atoms with van der Waals surface area (Å²) < 4.78 is 26.2. The van der Waals surface area contributed by atoms with Crippen LogP contribution >= 0.6 is 0 Å². The number of sulfonamides is 1. The van der Waals surface area contributed by atoms with Gasteiger partial charge in [0, 0.05) is 12.4 Å². The molecule has 0 aliphatic rings. The monoisotopic (exact) mass is 310 g/mol. The molecule has 1 amide bonds. The van der Waals surface area contributed by atoms with Crippen molar-refractivity contribution in [1.29, 1.82) is 0 Å². The van der Waals surface area contributed by atoms with Gasteiger partial charge in [0.15, 0.2) is 0 Å². The van der Waals surface area contributed by atoms with E-state index >= 15 is 0 Å². The zero-order valence-electron chi connectivity index (χ0n) is 12.1. The molecule has 2 heterocycles. The van der Waals surface area contributed by atoms with Crippen molar-refractivity contribution < 1.29 is 13.2 Å². The summed E-state index contributed by atoms with van der Waals surface area (Å²) in [4.78, 5) is 16.2. The van der Waals surface area contributed by atoms with Gasteiger partial charge in [0.05, 0.1) is 24.5 Å². The maximum atomic E-state index is 11.8. The van der Waals surface area contributed by atoms with E-state index in [0.29, 0.717) is 5.69 Å². The molecule has 2 aromatic heterocycles. The van der Waals surface area contributed by atoms with Gasteiger partial charge in [0.2, 0.25) is 15.9 Å². The smallest absolute Gasteiger partial charge is 0.238 e. The lowest BCUT2D eigenvalue weighted by Gasteiger charge is -2.11. The first kappa shape index (κ1) is 15.5. The molecule has 0 unspecified atom stereocenters. The van der Waals surface area contributed by atoms with Gasteiger partial charge in [-0.15, -0.1) is 0 Å². The number of carbonyl (C=O) groups is 1. The van der Waals surface area contributed by atoms with Crippen LogP contribution in [-0.2, 0) is 21.4 Å². The summed E-state index contributed by atoms with van der Waals surface area (Å²) >= 11 is 0. The lowest BCUT2D eigenvalue weighted by molar-refractivity contribution is -0.122. The number of hydrogen-bond acceptors (Lipinski definition) is 4. The quantitative estimate of drug-likeness (QED) is 0.825. The third-order valence-electron chi connectivity index (χ3n) is 2.88. The number of amides is 1. The Balaban J connectivity index is 1.99. The van der Waals surface area contributed by atoms with Gasteiger partial charge >= 0.3 is 0 Å². The molecule has 0 saturated carbocycles. The average Bonchev–Trinajstić information content (AvgIpc) is 2.75. The van der Waals surface area contributed by atoms with Crippen LogP contribution in [0.2, 0.25) is 0 Å². The zero-order valence-corrected chi connectivity index (χ0v) is 12.9. The summed E-state index contributed by atoms with van der Waals surface area (Å²) in [5, 5.41) is 2.66. The van der Waals surface area contributed by atoms with Gasteiger partial charge in [0.25, 0.3) is 0 Å². The third-order valence-corrected chi connectivity index (χ3v) is 3.66. The highest BCUT2D eigenvalue weighted by Gasteiger charge is 2.16. The fourth-order valence-corrected chi connectivity index (χ4v) is 2.70. The number of nitrogens with one attached hydrogen (secondary N) is 2. The SMILES string of the molecule is Cc1ccc2nc(CNC(=O)[C@@H](C)NS(C)(=O)=O)cn2c1. The Morgan fingerprint density at radius 1 is 1.38 bits per heavy atom. The molecule has 0 aliphatic carbocycles. The summed E-state index contributed by atoms with van der Waals surface area (Å²) in [5.74, 6) is -0.395. The fourth-order valence-electron chi connectivity index (χ4n) is 1.95. The van der Waals surface area contributed by atoms with Crippen LogP contribution in [0.1, 0.15) is 18.2 Å². The van der Waals surface area contributed by atoms with E-state index in [-0.39, 0.29) is 6.54 Å². The predicted octanol–water partition coefficient (Wildman–Crippen LogP) is 0.197. The van der Waals surface area contributed by atoms with Gasteiger partial charge in [-0.2, -0.15) is 0 Å². The van der Waals surface area contributed by atoms with Crippen LogP contribution in [0.5, 0.6) is 0 Å². The first-order chi connectivity index (χ1) is 9.74. The summed E-state index contributed by atoms with van der Waals surface area (Å²) in [6, 6.07) is 3.04. The topological polar surface area (TPSA) is 92.6 Å². The number of aryl methyl sites for hydroxylation is 1. The van der Waals surface area contributed by atoms with Crippen molar-refractivity contribution in [1.82, 2.24) is 19.4 Å². The molecule has 114 valence electrons. The van der Waals surface area contributed by atoms with Crippen molar-refractivity contribution in [3.05, 3.63) is 35.8 Å². The van der Waals surface area contributed by atoms with Crippen LogP contribution in [0.3, 0.4) is 0 Å². The molecular weight excluding hydrogens is 292 g/mol. The normalized spacial score (nSPS) is 13.3. The van der Waals surface area contributed by atoms with E-state index in [4.69, 9.17) is 0 Å². The summed E-state index contributed by atoms with van der Waals surface area (Å²) in [6.07, 6.45) is 4.79. The zero-order chi connectivity index (χ0) is 15.6. The van der Waals surface area contributed by atoms with Crippen molar-refractivity contribution in [2.24, 2.45) is 0 Å². The Morgan fingerprint density at radius 2 is 2.10 bits per heavy atom. The van der Waals surface area contributed by atoms with Crippen molar-refractivity contribution in [3.63, 3.8) is 0 Å². The highest BCUT2D eigenvalue weighted by atomic mass is 32.2. The molecule has 0 aliphatic heterocycles. The highest BCUT2D eigenvalue weighted by molar-refractivity contribution is 7.88. The van der Waals surface area contributed by atoms with Crippen molar-refractivity contribution >= 4 is 21.6 Å². The van der Waals surface area contributed by atoms with E-state index in [1.165, 1.54) is 6.92 Å². The van der Waals surface area contributed by atoms with Crippen molar-refractivity contribution in [2.45, 2.75) is 26.4 Å². The van der Waals surface area contributed by atoms with Crippen molar-refractivity contribution in [3.8, 4) is 0 Å². The molecule has 0 aromatic carbocycles. The second-order valence-corrected chi connectivity index (χ2v) is 6.81. The van der Waals surface area contributed by atoms with Gasteiger partial charge in [0.1, 0.15) is 5.65 Å². The Hall–Kier alpha value is -1.93. The van der Waals surface area contributed by atoms with E-state index in [2.05, 4.69) is 15.0 Å². The minimum atomic E-state index is -3.41. The molecule has 1 atom stereocenters. The van der Waals surface area contributed by atoms with E-state index in [0.717, 1.165) is 17.5 Å². The average molecular weight is 310 g/mol. The first-order valence-corrected chi connectivity index (χ1v) is 8.33. The number of carbonyl (C=O) groups excluding carboxylic acids is 1. The second-order valence-electron chi connectivity index (χ2n) is 5.03. The molecule has 0 fully saturated rings. The molecule has 2 rings (SSSR count). The van der Waals surface area contributed by atoms with Crippen LogP contribution in [-0.4, -0.2) is 36.0 Å². The lowest BCUT2D eigenvalue weighted by Crippen LogP contribution is -2.44. The minimum Gasteiger partial charge on any atom is -0.349 e. The molecule has 8 heteroatoms. The molecule has 0 bridgehead atoms. The summed E-state index contributed by atoms with van der Waals surface area (Å²) in [6.45, 7) is 3.72. The molecule has 0 spiro atoms. The van der Waals surface area contributed by atoms with Crippen molar-refractivity contribution in [2.75, 3.05) is 6.26 Å². The molecule has 7 nitrogen and oxygen atoms in total. The molecule has 2 N–H and O–H groups in total. The molecular formula is C13H18N4O3S. The van der Waals surface area contributed by atoms with Crippen LogP contribution in [0.25, 0.3) is 5.65 Å². The van der Waals surface area contributed by atoms with Crippen LogP contribution in [0.15, 0.2) is 24.5 Å². The second kappa shape index (κ2) is 5.82. The Bertz CT molecular complexity index is 767. The maximum absolute atomic E-state index is 11.8. The van der Waals surface area contributed by atoms with E-state index < -0.39 is 22.0 Å². The molecule has 21 heavy (non-hydrogen) atoms. The summed E-state index contributed by atoms with van der Waals surface area (Å²) in [7, 11) is -3.41. The van der Waals surface area contributed by atoms with E-state index in [9.17, 15) is 13.2 Å². The van der Waals surface area contributed by atoms with E-state index in [1.807, 2.05) is 35.9 Å². The molecule has 2 aromatic rings. The fraction of sp³-hybridized carbons (Fsp3) is 0.385. The third kappa shape index (κ3) is 4.27. The van der Waals surface area contributed by atoms with Gasteiger partial charge in [-0.05, 0) is 25.5 Å². The number of imidazole rings is 1. The first-order valence-electron chi connectivity index (χ1n) is 6.44. The largest absolute Gasteiger partial charge is 0.349 e. The van der Waals surface area contributed by atoms with Crippen LogP contribution < -0.4 is 10.0 Å². The number of aromatic nitrogens is 2. The maximum Gasteiger partial charge on any atom is 0.238 e. The Labute approximate surface area is 123 Å². The standard InChI is InChI=1S/C13H18N4O3S/c1-9-4-5-12-15-11(8-17(12)7-9)6-14-13(18)10(2)16-21(3,19)20/h4-5,7-8,10,16H,6H2,1-3H3,(H,14,18)/t10-/m1/s1. The van der Waals surface area contributed by atoms with Gasteiger partial charge in [-0.25, -0.2) is 18.1 Å². The number of pyridine rings is 1. The van der Waals surface area contributed by atoms with Crippen LogP contribution in [0.4, 0.5) is 0 Å². The number of fused-ring (bicyclic) bond motifs is 1. The predicted molar refractivity (Wildman–Crippen MR) is 79.2 cm³/mol. The highest BCUT2D eigenvalue weighted by Crippen LogP contribution is 2.07. The minimum absolute atomic E-state index is 0.245. The number of rotatable bonds is 5. The Morgan fingerprint density at radius 3 is 2.76 bits per heavy atom. The van der Waals surface area contributed by atoms with Gasteiger partial charge < -0.3 is 9.72 Å². The van der Waals surface area contributed by atoms with Crippen LogP contribution in [0, 0.1) is 6.92 Å². The Kier molecular flexibility index (Phi) is 4.29. The van der Waals surface area contributed by atoms with Gasteiger partial charge in [-0.3, -0.25) is 4.79 Å². The van der Waals surface area contributed by atoms with E-state index in [1.54, 1.807) is 0 Å². The lowest BCUT2D eigenvalue weighted by atomic mass is 10.3.